The van der Waals surface area contributed by atoms with Gasteiger partial charge in [-0.2, -0.15) is 0 Å². The fourth-order valence-corrected chi connectivity index (χ4v) is 4.46. The first-order valence-corrected chi connectivity index (χ1v) is 11.0. The van der Waals surface area contributed by atoms with Crippen LogP contribution < -0.4 is 11.6 Å². The second-order valence-corrected chi connectivity index (χ2v) is 9.08. The Morgan fingerprint density at radius 2 is 2.00 bits per heavy atom. The van der Waals surface area contributed by atoms with E-state index in [9.17, 15) is 5.11 Å². The molecular formula is C24H33N5O3. The zero-order valence-corrected chi connectivity index (χ0v) is 19.3. The van der Waals surface area contributed by atoms with E-state index in [2.05, 4.69) is 16.7 Å². The van der Waals surface area contributed by atoms with Gasteiger partial charge in [0.15, 0.2) is 0 Å². The molecule has 8 heteroatoms. The minimum atomic E-state index is -0.933. The van der Waals surface area contributed by atoms with E-state index in [0.29, 0.717) is 11.6 Å². The Morgan fingerprint density at radius 3 is 2.62 bits per heavy atom. The minimum Gasteiger partial charge on any atom is -0.481 e. The topological polar surface area (TPSA) is 112 Å². The van der Waals surface area contributed by atoms with Crippen LogP contribution in [0.25, 0.3) is 27.6 Å². The summed E-state index contributed by atoms with van der Waals surface area (Å²) < 4.78 is 13.1. The third-order valence-electron chi connectivity index (χ3n) is 6.27. The van der Waals surface area contributed by atoms with Crippen molar-refractivity contribution < 1.29 is 14.6 Å². The van der Waals surface area contributed by atoms with Crippen molar-refractivity contribution in [3.63, 3.8) is 0 Å². The molecular weight excluding hydrogens is 406 g/mol. The lowest BCUT2D eigenvalue weighted by Gasteiger charge is -2.24. The van der Waals surface area contributed by atoms with Crippen molar-refractivity contribution in [3.05, 3.63) is 47.5 Å². The second kappa shape index (κ2) is 8.61. The van der Waals surface area contributed by atoms with Crippen LogP contribution in [0, 0.1) is 5.92 Å². The first kappa shape index (κ1) is 22.4. The van der Waals surface area contributed by atoms with Crippen molar-refractivity contribution in [1.29, 1.82) is 0 Å². The summed E-state index contributed by atoms with van der Waals surface area (Å²) >= 11 is 0. The van der Waals surface area contributed by atoms with Gasteiger partial charge >= 0.3 is 0 Å². The van der Waals surface area contributed by atoms with Crippen LogP contribution in [0.3, 0.4) is 0 Å². The van der Waals surface area contributed by atoms with E-state index >= 15 is 0 Å². The number of hydrogen-bond donors (Lipinski definition) is 3. The first-order chi connectivity index (χ1) is 15.2. The molecule has 0 atom stereocenters. The standard InChI is InChI=1S/C24H33N5O3/c1-24(2,30)17-5-6-18-19(12-17)29(14-15-7-9-32-10-8-15)20-11-16(13-27-21(18)20)22(28(3)26)23(25)31-4/h5-6,11-13,15,30H,7-10,14,25-26H2,1-4H3/b23-22+. The van der Waals surface area contributed by atoms with Crippen LogP contribution in [0.2, 0.25) is 0 Å². The summed E-state index contributed by atoms with van der Waals surface area (Å²) in [7, 11) is 3.24. The lowest BCUT2D eigenvalue weighted by atomic mass is 9.97. The predicted octanol–water partition coefficient (Wildman–Crippen LogP) is 2.88. The molecule has 0 aliphatic carbocycles. The minimum absolute atomic E-state index is 0.229. The summed E-state index contributed by atoms with van der Waals surface area (Å²) in [6.07, 6.45) is 3.81. The maximum atomic E-state index is 10.6. The molecule has 1 saturated heterocycles. The van der Waals surface area contributed by atoms with Crippen LogP contribution >= 0.6 is 0 Å². The summed E-state index contributed by atoms with van der Waals surface area (Å²) in [5, 5.41) is 13.1. The van der Waals surface area contributed by atoms with Crippen molar-refractivity contribution in [1.82, 2.24) is 14.6 Å². The number of pyridine rings is 1. The van der Waals surface area contributed by atoms with Crippen molar-refractivity contribution in [2.75, 3.05) is 27.4 Å². The van der Waals surface area contributed by atoms with Gasteiger partial charge in [0, 0.05) is 44.0 Å². The van der Waals surface area contributed by atoms with Crippen molar-refractivity contribution in [2.24, 2.45) is 17.5 Å². The van der Waals surface area contributed by atoms with Gasteiger partial charge in [-0.1, -0.05) is 12.1 Å². The molecule has 3 heterocycles. The van der Waals surface area contributed by atoms with Gasteiger partial charge in [0.1, 0.15) is 5.70 Å². The molecule has 0 spiro atoms. The predicted molar refractivity (Wildman–Crippen MR) is 126 cm³/mol. The van der Waals surface area contributed by atoms with E-state index in [1.54, 1.807) is 27.1 Å². The van der Waals surface area contributed by atoms with Crippen molar-refractivity contribution in [3.8, 4) is 0 Å². The number of aromatic nitrogens is 2. The van der Waals surface area contributed by atoms with Crippen LogP contribution in [0.4, 0.5) is 0 Å². The second-order valence-electron chi connectivity index (χ2n) is 9.08. The molecule has 0 unspecified atom stereocenters. The highest BCUT2D eigenvalue weighted by atomic mass is 16.5. The van der Waals surface area contributed by atoms with Gasteiger partial charge < -0.3 is 29.9 Å². The van der Waals surface area contributed by atoms with Crippen LogP contribution in [-0.2, 0) is 21.6 Å². The van der Waals surface area contributed by atoms with Gasteiger partial charge in [0.05, 0.1) is 29.3 Å². The highest BCUT2D eigenvalue weighted by Gasteiger charge is 2.23. The van der Waals surface area contributed by atoms with Crippen LogP contribution in [0.1, 0.15) is 37.8 Å². The summed E-state index contributed by atoms with van der Waals surface area (Å²) in [5.41, 5.74) is 10.3. The Hall–Kier alpha value is -2.81. The number of aliphatic hydroxyl groups is 1. The highest BCUT2D eigenvalue weighted by Crippen LogP contribution is 2.34. The number of ether oxygens (including phenoxy) is 2. The zero-order chi connectivity index (χ0) is 23.0. The molecule has 4 rings (SSSR count). The van der Waals surface area contributed by atoms with E-state index in [4.69, 9.17) is 26.0 Å². The molecule has 1 aliphatic rings. The molecule has 2 aromatic heterocycles. The molecule has 0 saturated carbocycles. The normalized spacial score (nSPS) is 16.4. The Balaban J connectivity index is 1.95. The van der Waals surface area contributed by atoms with Crippen LogP contribution in [-0.4, -0.2) is 47.0 Å². The molecule has 0 amide bonds. The summed E-state index contributed by atoms with van der Waals surface area (Å²) in [4.78, 5) is 4.80. The fraction of sp³-hybridized carbons (Fsp3) is 0.458. The lowest BCUT2D eigenvalue weighted by molar-refractivity contribution is 0.0619. The largest absolute Gasteiger partial charge is 0.481 e. The molecule has 0 radical (unpaired) electrons. The van der Waals surface area contributed by atoms with E-state index in [1.165, 1.54) is 12.1 Å². The number of hydrogen-bond acceptors (Lipinski definition) is 7. The lowest BCUT2D eigenvalue weighted by Crippen LogP contribution is -2.27. The Morgan fingerprint density at radius 1 is 1.28 bits per heavy atom. The number of nitrogens with two attached hydrogens (primary N) is 2. The van der Waals surface area contributed by atoms with Gasteiger partial charge in [-0.05, 0) is 50.3 Å². The smallest absolute Gasteiger partial charge is 0.210 e. The monoisotopic (exact) mass is 439 g/mol. The molecule has 8 nitrogen and oxygen atoms in total. The maximum Gasteiger partial charge on any atom is 0.210 e. The van der Waals surface area contributed by atoms with Gasteiger partial charge in [-0.25, -0.2) is 5.84 Å². The van der Waals surface area contributed by atoms with E-state index in [-0.39, 0.29) is 5.88 Å². The maximum absolute atomic E-state index is 10.6. The van der Waals surface area contributed by atoms with Crippen molar-refractivity contribution >= 4 is 27.6 Å². The molecule has 5 N–H and O–H groups in total. The third kappa shape index (κ3) is 4.13. The molecule has 0 bridgehead atoms. The average Bonchev–Trinajstić information content (AvgIpc) is 3.06. The van der Waals surface area contributed by atoms with Gasteiger partial charge in [0.25, 0.3) is 0 Å². The fourth-order valence-electron chi connectivity index (χ4n) is 4.46. The molecule has 172 valence electrons. The number of fused-ring (bicyclic) bond motifs is 3. The Bertz CT molecular complexity index is 1150. The van der Waals surface area contributed by atoms with Gasteiger partial charge in [0.2, 0.25) is 5.88 Å². The quantitative estimate of drug-likeness (QED) is 0.308. The highest BCUT2D eigenvalue weighted by molar-refractivity contribution is 6.06. The molecule has 1 fully saturated rings. The van der Waals surface area contributed by atoms with Crippen LogP contribution in [0.15, 0.2) is 36.3 Å². The Kier molecular flexibility index (Phi) is 6.03. The first-order valence-electron chi connectivity index (χ1n) is 11.0. The van der Waals surface area contributed by atoms with Crippen LogP contribution in [0.5, 0.6) is 0 Å². The summed E-state index contributed by atoms with van der Waals surface area (Å²) in [6.45, 7) is 6.03. The average molecular weight is 440 g/mol. The number of methoxy groups -OCH3 is 1. The summed E-state index contributed by atoms with van der Waals surface area (Å²) in [5.74, 6) is 6.80. The third-order valence-corrected chi connectivity index (χ3v) is 6.27. The molecule has 3 aromatic rings. The van der Waals surface area contributed by atoms with Gasteiger partial charge in [-0.15, -0.1) is 0 Å². The molecule has 1 aromatic carbocycles. The van der Waals surface area contributed by atoms with E-state index < -0.39 is 5.60 Å². The zero-order valence-electron chi connectivity index (χ0n) is 19.3. The molecule has 32 heavy (non-hydrogen) atoms. The van der Waals surface area contributed by atoms with E-state index in [0.717, 1.165) is 65.7 Å². The molecule has 1 aliphatic heterocycles. The summed E-state index contributed by atoms with van der Waals surface area (Å²) in [6, 6.07) is 8.16. The number of rotatable bonds is 6. The SMILES string of the molecule is CO/C(N)=C(\c1cnc2c3ccc(C(C)(C)O)cc3n(CC3CCOCC3)c2c1)N(C)N. The van der Waals surface area contributed by atoms with Gasteiger partial charge in [-0.3, -0.25) is 4.98 Å². The number of nitrogens with zero attached hydrogens (tertiary/aromatic N) is 3. The number of hydrazine groups is 1. The van der Waals surface area contributed by atoms with Crippen molar-refractivity contribution in [2.45, 2.75) is 38.8 Å². The van der Waals surface area contributed by atoms with E-state index in [1.807, 2.05) is 12.1 Å². The Labute approximate surface area is 188 Å². The number of benzene rings is 1.